The first-order chi connectivity index (χ1) is 14.2. The molecule has 0 bridgehead atoms. The highest BCUT2D eigenvalue weighted by Crippen LogP contribution is 2.32. The van der Waals surface area contributed by atoms with Crippen molar-refractivity contribution in [1.82, 2.24) is 19.3 Å². The Balaban J connectivity index is 1.36. The second-order valence-electron chi connectivity index (χ2n) is 7.26. The molecule has 0 unspecified atom stereocenters. The van der Waals surface area contributed by atoms with Crippen LogP contribution in [0.1, 0.15) is 11.3 Å². The maximum Gasteiger partial charge on any atom is 0.137 e. The van der Waals surface area contributed by atoms with Gasteiger partial charge in [-0.2, -0.15) is 5.26 Å². The molecule has 1 aromatic carbocycles. The van der Waals surface area contributed by atoms with Gasteiger partial charge in [0.05, 0.1) is 22.5 Å². The Morgan fingerprint density at radius 3 is 2.76 bits per heavy atom. The molecule has 3 aromatic heterocycles. The summed E-state index contributed by atoms with van der Waals surface area (Å²) >= 11 is 6.23. The van der Waals surface area contributed by atoms with E-state index < -0.39 is 0 Å². The van der Waals surface area contributed by atoms with Gasteiger partial charge < -0.3 is 9.30 Å². The molecular weight excluding hydrogens is 384 g/mol. The maximum atomic E-state index is 9.62. The number of imidazole rings is 1. The lowest BCUT2D eigenvalue weighted by Crippen LogP contribution is -2.46. The smallest absolute Gasteiger partial charge is 0.137 e. The van der Waals surface area contributed by atoms with Crippen LogP contribution in [0.4, 0.5) is 5.69 Å². The number of hydrogen-bond donors (Lipinski definition) is 0. The summed E-state index contributed by atoms with van der Waals surface area (Å²) < 4.78 is 2.05. The summed E-state index contributed by atoms with van der Waals surface area (Å²) in [5.41, 5.74) is 4.43. The topological polar surface area (TPSA) is 60.5 Å². The molecule has 1 saturated heterocycles. The van der Waals surface area contributed by atoms with E-state index in [0.29, 0.717) is 10.6 Å². The summed E-state index contributed by atoms with van der Waals surface area (Å²) in [4.78, 5) is 13.8. The molecule has 6 nitrogen and oxygen atoms in total. The van der Waals surface area contributed by atoms with Crippen molar-refractivity contribution >= 4 is 33.8 Å². The van der Waals surface area contributed by atoms with Crippen molar-refractivity contribution in [3.05, 3.63) is 71.3 Å². The normalized spacial score (nSPS) is 15.1. The number of aromatic nitrogens is 3. The van der Waals surface area contributed by atoms with Crippen molar-refractivity contribution in [1.29, 1.82) is 5.26 Å². The third-order valence-electron chi connectivity index (χ3n) is 5.41. The molecule has 1 aliphatic rings. The Morgan fingerprint density at radius 1 is 1.10 bits per heavy atom. The molecular formula is C22H19ClN6. The molecule has 0 spiro atoms. The van der Waals surface area contributed by atoms with Crippen LogP contribution in [0.25, 0.3) is 16.6 Å². The van der Waals surface area contributed by atoms with Gasteiger partial charge in [-0.3, -0.25) is 9.88 Å². The van der Waals surface area contributed by atoms with E-state index in [1.165, 1.54) is 0 Å². The molecule has 5 rings (SSSR count). The molecule has 1 fully saturated rings. The van der Waals surface area contributed by atoms with Crippen LogP contribution in [0.3, 0.4) is 0 Å². The minimum absolute atomic E-state index is 0.591. The van der Waals surface area contributed by atoms with Crippen molar-refractivity contribution in [3.8, 4) is 6.07 Å². The minimum atomic E-state index is 0.591. The number of rotatable bonds is 3. The number of nitriles is 1. The molecule has 7 heteroatoms. The standard InChI is InChI=1S/C22H19ClN6/c23-17-4-5-20-19(11-17)22(16(12-24)13-25-20)28-9-7-27(8-10-28)14-18-15-29-6-2-1-3-21(29)26-18/h1-6,11,13,15H,7-10,14H2. The zero-order valence-electron chi connectivity index (χ0n) is 15.8. The largest absolute Gasteiger partial charge is 0.367 e. The maximum absolute atomic E-state index is 9.62. The highest BCUT2D eigenvalue weighted by Gasteiger charge is 2.22. The predicted molar refractivity (Wildman–Crippen MR) is 114 cm³/mol. The van der Waals surface area contributed by atoms with Gasteiger partial charge >= 0.3 is 0 Å². The van der Waals surface area contributed by atoms with E-state index in [0.717, 1.165) is 60.7 Å². The summed E-state index contributed by atoms with van der Waals surface area (Å²) in [6.07, 6.45) is 5.77. The van der Waals surface area contributed by atoms with Crippen molar-refractivity contribution in [3.63, 3.8) is 0 Å². The fourth-order valence-electron chi connectivity index (χ4n) is 4.00. The first-order valence-electron chi connectivity index (χ1n) is 9.59. The van der Waals surface area contributed by atoms with E-state index >= 15 is 0 Å². The molecule has 4 heterocycles. The molecule has 0 amide bonds. The van der Waals surface area contributed by atoms with Gasteiger partial charge in [0.25, 0.3) is 0 Å². The quantitative estimate of drug-likeness (QED) is 0.522. The number of nitrogens with zero attached hydrogens (tertiary/aromatic N) is 6. The Kier molecular flexibility index (Phi) is 4.55. The average molecular weight is 403 g/mol. The summed E-state index contributed by atoms with van der Waals surface area (Å²) in [5, 5.41) is 11.2. The first-order valence-corrected chi connectivity index (χ1v) is 9.97. The number of anilines is 1. The number of halogens is 1. The van der Waals surface area contributed by atoms with Crippen LogP contribution >= 0.6 is 11.6 Å². The van der Waals surface area contributed by atoms with Gasteiger partial charge in [0.2, 0.25) is 0 Å². The second-order valence-corrected chi connectivity index (χ2v) is 7.69. The lowest BCUT2D eigenvalue weighted by Gasteiger charge is -2.36. The molecule has 1 aliphatic heterocycles. The molecule has 0 aliphatic carbocycles. The number of pyridine rings is 2. The first kappa shape index (κ1) is 17.9. The van der Waals surface area contributed by atoms with Crippen LogP contribution < -0.4 is 4.90 Å². The molecule has 4 aromatic rings. The highest BCUT2D eigenvalue weighted by molar-refractivity contribution is 6.31. The number of piperazine rings is 1. The Bertz CT molecular complexity index is 1200. The highest BCUT2D eigenvalue weighted by atomic mass is 35.5. The van der Waals surface area contributed by atoms with E-state index in [4.69, 9.17) is 16.6 Å². The van der Waals surface area contributed by atoms with Gasteiger partial charge in [-0.1, -0.05) is 17.7 Å². The van der Waals surface area contributed by atoms with Crippen LogP contribution in [0, 0.1) is 11.3 Å². The lowest BCUT2D eigenvalue weighted by atomic mass is 10.1. The fraction of sp³-hybridized carbons (Fsp3) is 0.227. The number of benzene rings is 1. The zero-order valence-corrected chi connectivity index (χ0v) is 16.5. The molecule has 0 atom stereocenters. The van der Waals surface area contributed by atoms with Crippen molar-refractivity contribution in [2.45, 2.75) is 6.54 Å². The third kappa shape index (κ3) is 3.39. The number of hydrogen-bond acceptors (Lipinski definition) is 5. The Labute approximate surface area is 173 Å². The zero-order chi connectivity index (χ0) is 19.8. The van der Waals surface area contributed by atoms with Gasteiger partial charge in [-0.25, -0.2) is 4.98 Å². The van der Waals surface area contributed by atoms with Gasteiger partial charge in [0.1, 0.15) is 11.7 Å². The second kappa shape index (κ2) is 7.36. The van der Waals surface area contributed by atoms with E-state index in [1.54, 1.807) is 6.20 Å². The van der Waals surface area contributed by atoms with E-state index in [-0.39, 0.29) is 0 Å². The van der Waals surface area contributed by atoms with Crippen LogP contribution in [-0.4, -0.2) is 45.4 Å². The monoisotopic (exact) mass is 402 g/mol. The summed E-state index contributed by atoms with van der Waals surface area (Å²) in [6.45, 7) is 4.32. The van der Waals surface area contributed by atoms with Gasteiger partial charge in [-0.15, -0.1) is 0 Å². The molecule has 29 heavy (non-hydrogen) atoms. The SMILES string of the molecule is N#Cc1cnc2ccc(Cl)cc2c1N1CCN(Cc2cn3ccccc3n2)CC1. The predicted octanol–water partition coefficient (Wildman–Crippen LogP) is 3.73. The average Bonchev–Trinajstić information content (AvgIpc) is 3.16. The summed E-state index contributed by atoms with van der Waals surface area (Å²) in [5.74, 6) is 0. The van der Waals surface area contributed by atoms with E-state index in [1.807, 2.05) is 42.6 Å². The lowest BCUT2D eigenvalue weighted by molar-refractivity contribution is 0.247. The molecule has 0 saturated carbocycles. The van der Waals surface area contributed by atoms with Gasteiger partial charge in [-0.05, 0) is 30.3 Å². The van der Waals surface area contributed by atoms with Crippen LogP contribution in [0.15, 0.2) is 55.0 Å². The summed E-state index contributed by atoms with van der Waals surface area (Å²) in [6, 6.07) is 14.0. The van der Waals surface area contributed by atoms with E-state index in [2.05, 4.69) is 31.5 Å². The minimum Gasteiger partial charge on any atom is -0.367 e. The van der Waals surface area contributed by atoms with Gasteiger partial charge in [0, 0.05) is 61.7 Å². The van der Waals surface area contributed by atoms with Crippen LogP contribution in [0.5, 0.6) is 0 Å². The molecule has 0 radical (unpaired) electrons. The van der Waals surface area contributed by atoms with Crippen molar-refractivity contribution in [2.24, 2.45) is 0 Å². The third-order valence-corrected chi connectivity index (χ3v) is 5.65. The van der Waals surface area contributed by atoms with Gasteiger partial charge in [0.15, 0.2) is 0 Å². The Morgan fingerprint density at radius 2 is 1.97 bits per heavy atom. The summed E-state index contributed by atoms with van der Waals surface area (Å²) in [7, 11) is 0. The van der Waals surface area contributed by atoms with Crippen molar-refractivity contribution < 1.29 is 0 Å². The molecule has 144 valence electrons. The van der Waals surface area contributed by atoms with Crippen LogP contribution in [0.2, 0.25) is 5.02 Å². The fourth-order valence-corrected chi connectivity index (χ4v) is 4.17. The Hall–Kier alpha value is -3.14. The van der Waals surface area contributed by atoms with Crippen LogP contribution in [-0.2, 0) is 6.54 Å². The molecule has 0 N–H and O–H groups in total. The number of fused-ring (bicyclic) bond motifs is 2. The van der Waals surface area contributed by atoms with Crippen molar-refractivity contribution in [2.75, 3.05) is 31.1 Å². The van der Waals surface area contributed by atoms with E-state index in [9.17, 15) is 5.26 Å².